The van der Waals surface area contributed by atoms with Crippen molar-refractivity contribution in [2.24, 2.45) is 0 Å². The van der Waals surface area contributed by atoms with Gasteiger partial charge in [0, 0.05) is 12.7 Å². The maximum atomic E-state index is 13.0. The smallest absolute Gasteiger partial charge is 0.371 e. The predicted octanol–water partition coefficient (Wildman–Crippen LogP) is 2.75. The molecular weight excluding hydrogens is 237 g/mol. The van der Waals surface area contributed by atoms with Crippen LogP contribution in [0.1, 0.15) is 16.3 Å². The summed E-state index contributed by atoms with van der Waals surface area (Å²) >= 11 is 0. The Morgan fingerprint density at radius 1 is 1.39 bits per heavy atom. The molecule has 1 aromatic heterocycles. The van der Waals surface area contributed by atoms with E-state index < -0.39 is 5.97 Å². The Morgan fingerprint density at radius 3 is 2.78 bits per heavy atom. The summed E-state index contributed by atoms with van der Waals surface area (Å²) in [5.41, 5.74) is 0.697. The predicted molar refractivity (Wildman–Crippen MR) is 64.2 cm³/mol. The Labute approximate surface area is 103 Å². The lowest BCUT2D eigenvalue weighted by Crippen LogP contribution is -2.15. The highest BCUT2D eigenvalue weighted by atomic mass is 19.1. The molecule has 0 bridgehead atoms. The van der Waals surface area contributed by atoms with Gasteiger partial charge in [-0.3, -0.25) is 0 Å². The van der Waals surface area contributed by atoms with E-state index in [1.165, 1.54) is 18.2 Å². The zero-order valence-electron chi connectivity index (χ0n) is 9.76. The number of carboxylic acid groups (broad SMARTS) is 1. The Bertz CT molecular complexity index is 565. The summed E-state index contributed by atoms with van der Waals surface area (Å²) in [6.45, 7) is 0.372. The number of aromatic carboxylic acids is 1. The van der Waals surface area contributed by atoms with E-state index >= 15 is 0 Å². The second-order valence-electron chi connectivity index (χ2n) is 3.91. The van der Waals surface area contributed by atoms with Crippen LogP contribution in [0.3, 0.4) is 0 Å². The molecule has 0 unspecified atom stereocenters. The fourth-order valence-electron chi connectivity index (χ4n) is 1.62. The summed E-state index contributed by atoms with van der Waals surface area (Å²) in [5.74, 6) is -1.00. The molecule has 0 saturated carbocycles. The highest BCUT2D eigenvalue weighted by Gasteiger charge is 2.11. The van der Waals surface area contributed by atoms with Crippen molar-refractivity contribution in [1.82, 2.24) is 0 Å². The van der Waals surface area contributed by atoms with Crippen LogP contribution in [0.25, 0.3) is 0 Å². The van der Waals surface area contributed by atoms with Gasteiger partial charge in [0.1, 0.15) is 11.6 Å². The first-order valence-electron chi connectivity index (χ1n) is 5.35. The van der Waals surface area contributed by atoms with Gasteiger partial charge in [0.25, 0.3) is 0 Å². The molecule has 1 N–H and O–H groups in total. The van der Waals surface area contributed by atoms with Crippen molar-refractivity contribution in [2.45, 2.75) is 6.54 Å². The van der Waals surface area contributed by atoms with Gasteiger partial charge in [-0.1, -0.05) is 6.07 Å². The summed E-state index contributed by atoms with van der Waals surface area (Å²) < 4.78 is 18.2. The van der Waals surface area contributed by atoms with Gasteiger partial charge in [0.05, 0.1) is 6.54 Å². The third-order valence-electron chi connectivity index (χ3n) is 2.51. The number of hydrogen-bond donors (Lipinski definition) is 1. The van der Waals surface area contributed by atoms with Crippen molar-refractivity contribution in [3.8, 4) is 0 Å². The van der Waals surface area contributed by atoms with Gasteiger partial charge >= 0.3 is 5.97 Å². The van der Waals surface area contributed by atoms with Crippen LogP contribution in [0.4, 0.5) is 10.1 Å². The van der Waals surface area contributed by atoms with Crippen LogP contribution < -0.4 is 4.90 Å². The maximum Gasteiger partial charge on any atom is 0.371 e. The van der Waals surface area contributed by atoms with Crippen LogP contribution in [-0.2, 0) is 6.54 Å². The van der Waals surface area contributed by atoms with E-state index in [0.717, 1.165) is 0 Å². The second kappa shape index (κ2) is 4.91. The topological polar surface area (TPSA) is 53.7 Å². The molecule has 0 aliphatic heterocycles. The molecule has 2 aromatic rings. The molecule has 4 nitrogen and oxygen atoms in total. The number of furan rings is 1. The molecule has 0 aliphatic carbocycles. The fourth-order valence-corrected chi connectivity index (χ4v) is 1.62. The Kier molecular flexibility index (Phi) is 3.32. The minimum absolute atomic E-state index is 0.0994. The minimum atomic E-state index is -1.10. The van der Waals surface area contributed by atoms with Crippen LogP contribution in [-0.4, -0.2) is 18.1 Å². The van der Waals surface area contributed by atoms with Gasteiger partial charge in [0.15, 0.2) is 0 Å². The quantitative estimate of drug-likeness (QED) is 0.905. The molecule has 1 heterocycles. The first kappa shape index (κ1) is 12.2. The molecule has 0 radical (unpaired) electrons. The highest BCUT2D eigenvalue weighted by Crippen LogP contribution is 2.17. The van der Waals surface area contributed by atoms with Gasteiger partial charge in [0.2, 0.25) is 5.76 Å². The van der Waals surface area contributed by atoms with Gasteiger partial charge in [-0.2, -0.15) is 0 Å². The van der Waals surface area contributed by atoms with Crippen molar-refractivity contribution in [3.63, 3.8) is 0 Å². The third kappa shape index (κ3) is 2.68. The number of carboxylic acids is 1. The van der Waals surface area contributed by atoms with Crippen molar-refractivity contribution >= 4 is 11.7 Å². The first-order chi connectivity index (χ1) is 8.56. The average molecular weight is 249 g/mol. The monoisotopic (exact) mass is 249 g/mol. The molecule has 94 valence electrons. The minimum Gasteiger partial charge on any atom is -0.475 e. The molecule has 1 aromatic carbocycles. The Morgan fingerprint density at radius 2 is 2.17 bits per heavy atom. The summed E-state index contributed by atoms with van der Waals surface area (Å²) in [6.07, 6.45) is 0. The Balaban J connectivity index is 2.11. The van der Waals surface area contributed by atoms with Crippen LogP contribution in [0.15, 0.2) is 40.8 Å². The lowest BCUT2D eigenvalue weighted by Gasteiger charge is -2.17. The molecule has 0 fully saturated rings. The third-order valence-corrected chi connectivity index (χ3v) is 2.51. The number of rotatable bonds is 4. The summed E-state index contributed by atoms with van der Waals surface area (Å²) in [5, 5.41) is 8.73. The van der Waals surface area contributed by atoms with E-state index in [9.17, 15) is 9.18 Å². The molecule has 18 heavy (non-hydrogen) atoms. The maximum absolute atomic E-state index is 13.0. The van der Waals surface area contributed by atoms with Crippen molar-refractivity contribution < 1.29 is 18.7 Å². The van der Waals surface area contributed by atoms with Crippen LogP contribution in [0.2, 0.25) is 0 Å². The number of carbonyl (C=O) groups is 1. The van der Waals surface area contributed by atoms with Crippen molar-refractivity contribution in [2.75, 3.05) is 11.9 Å². The summed E-state index contributed by atoms with van der Waals surface area (Å²) in [6, 6.07) is 9.15. The number of anilines is 1. The molecule has 0 aliphatic rings. The molecule has 0 atom stereocenters. The van der Waals surface area contributed by atoms with Gasteiger partial charge < -0.3 is 14.4 Å². The van der Waals surface area contributed by atoms with Crippen LogP contribution in [0.5, 0.6) is 0 Å². The van der Waals surface area contributed by atoms with Crippen LogP contribution in [0, 0.1) is 5.82 Å². The molecule has 0 spiro atoms. The number of hydrogen-bond acceptors (Lipinski definition) is 3. The summed E-state index contributed by atoms with van der Waals surface area (Å²) in [7, 11) is 1.78. The molecule has 5 heteroatoms. The normalized spacial score (nSPS) is 10.3. The van der Waals surface area contributed by atoms with E-state index in [4.69, 9.17) is 9.52 Å². The molecule has 0 amide bonds. The second-order valence-corrected chi connectivity index (χ2v) is 3.91. The van der Waals surface area contributed by atoms with Crippen molar-refractivity contribution in [3.05, 3.63) is 53.7 Å². The van der Waals surface area contributed by atoms with Crippen LogP contribution >= 0.6 is 0 Å². The fraction of sp³-hybridized carbons (Fsp3) is 0.154. The lowest BCUT2D eigenvalue weighted by molar-refractivity contribution is 0.0660. The standard InChI is InChI=1S/C13H12FNO3/c1-15(10-4-2-3-9(14)7-10)8-11-5-6-12(18-11)13(16)17/h2-7H,8H2,1H3,(H,16,17). The molecule has 2 rings (SSSR count). The highest BCUT2D eigenvalue weighted by molar-refractivity contribution is 5.84. The SMILES string of the molecule is CN(Cc1ccc(C(=O)O)o1)c1cccc(F)c1. The largest absolute Gasteiger partial charge is 0.475 e. The van der Waals surface area contributed by atoms with Gasteiger partial charge in [-0.25, -0.2) is 9.18 Å². The number of nitrogens with zero attached hydrogens (tertiary/aromatic N) is 1. The van der Waals surface area contributed by atoms with Gasteiger partial charge in [-0.15, -0.1) is 0 Å². The number of benzene rings is 1. The first-order valence-corrected chi connectivity index (χ1v) is 5.35. The van der Waals surface area contributed by atoms with E-state index in [0.29, 0.717) is 18.0 Å². The van der Waals surface area contributed by atoms with Gasteiger partial charge in [-0.05, 0) is 30.3 Å². The zero-order valence-corrected chi connectivity index (χ0v) is 9.76. The number of halogens is 1. The molecule has 0 saturated heterocycles. The average Bonchev–Trinajstić information content (AvgIpc) is 2.77. The van der Waals surface area contributed by atoms with E-state index in [-0.39, 0.29) is 11.6 Å². The molecular formula is C13H12FNO3. The van der Waals surface area contributed by atoms with E-state index in [1.807, 2.05) is 0 Å². The van der Waals surface area contributed by atoms with E-state index in [1.54, 1.807) is 30.1 Å². The van der Waals surface area contributed by atoms with E-state index in [2.05, 4.69) is 0 Å². The summed E-state index contributed by atoms with van der Waals surface area (Å²) in [4.78, 5) is 12.4. The zero-order chi connectivity index (χ0) is 13.1. The Hall–Kier alpha value is -2.30. The lowest BCUT2D eigenvalue weighted by atomic mass is 10.3. The van der Waals surface area contributed by atoms with Crippen molar-refractivity contribution in [1.29, 1.82) is 0 Å².